The zero-order valence-corrected chi connectivity index (χ0v) is 20.9. The monoisotopic (exact) mass is 456 g/mol. The molecule has 0 bridgehead atoms. The molecular formula is C25H36N4O2S. The zero-order valence-electron chi connectivity index (χ0n) is 20.1. The number of nitrogens with one attached hydrogen (secondary N) is 1. The summed E-state index contributed by atoms with van der Waals surface area (Å²) in [5.41, 5.74) is 4.30. The number of aryl methyl sites for hydroxylation is 2. The van der Waals surface area contributed by atoms with Crippen molar-refractivity contribution in [1.29, 1.82) is 0 Å². The number of hydrogen-bond donors (Lipinski definition) is 1. The van der Waals surface area contributed by atoms with Crippen LogP contribution in [-0.2, 0) is 29.5 Å². The SMILES string of the molecule is CCCc1ccc(C(NCc2nc3cc(S(=O)(=O)N(C)C)ccc3n2CC)C(C)C)cc1. The Morgan fingerprint density at radius 3 is 2.31 bits per heavy atom. The molecule has 0 saturated heterocycles. The number of rotatable bonds is 10. The molecule has 0 spiro atoms. The van der Waals surface area contributed by atoms with Crippen LogP contribution in [0, 0.1) is 5.92 Å². The Morgan fingerprint density at radius 2 is 1.75 bits per heavy atom. The molecule has 1 atom stereocenters. The average Bonchev–Trinajstić information content (AvgIpc) is 3.11. The van der Waals surface area contributed by atoms with E-state index in [9.17, 15) is 8.42 Å². The minimum Gasteiger partial charge on any atom is -0.327 e. The van der Waals surface area contributed by atoms with E-state index < -0.39 is 10.0 Å². The third-order valence-electron chi connectivity index (χ3n) is 5.92. The van der Waals surface area contributed by atoms with E-state index >= 15 is 0 Å². The van der Waals surface area contributed by atoms with Crippen LogP contribution in [0.1, 0.15) is 57.1 Å². The molecule has 32 heavy (non-hydrogen) atoms. The first-order valence-electron chi connectivity index (χ1n) is 11.4. The fourth-order valence-corrected chi connectivity index (χ4v) is 5.06. The summed E-state index contributed by atoms with van der Waals surface area (Å²) in [6, 6.07) is 14.3. The lowest BCUT2D eigenvalue weighted by Crippen LogP contribution is -2.26. The van der Waals surface area contributed by atoms with E-state index in [2.05, 4.69) is 61.8 Å². The molecule has 1 heterocycles. The Balaban J connectivity index is 1.88. The van der Waals surface area contributed by atoms with Crippen molar-refractivity contribution in [1.82, 2.24) is 19.2 Å². The lowest BCUT2D eigenvalue weighted by Gasteiger charge is -2.23. The van der Waals surface area contributed by atoms with E-state index in [0.717, 1.165) is 30.7 Å². The molecule has 1 aromatic heterocycles. The summed E-state index contributed by atoms with van der Waals surface area (Å²) in [7, 11) is -0.407. The summed E-state index contributed by atoms with van der Waals surface area (Å²) in [6.45, 7) is 10.1. The van der Waals surface area contributed by atoms with E-state index in [4.69, 9.17) is 4.98 Å². The van der Waals surface area contributed by atoms with E-state index in [0.29, 0.717) is 18.0 Å². The van der Waals surface area contributed by atoms with Gasteiger partial charge >= 0.3 is 0 Å². The summed E-state index contributed by atoms with van der Waals surface area (Å²) in [6.07, 6.45) is 2.25. The highest BCUT2D eigenvalue weighted by molar-refractivity contribution is 7.89. The molecule has 2 aromatic carbocycles. The van der Waals surface area contributed by atoms with Gasteiger partial charge in [-0.1, -0.05) is 51.5 Å². The largest absolute Gasteiger partial charge is 0.327 e. The Labute approximate surface area is 192 Å². The van der Waals surface area contributed by atoms with Crippen molar-refractivity contribution in [2.45, 2.75) is 64.6 Å². The van der Waals surface area contributed by atoms with Crippen molar-refractivity contribution in [2.24, 2.45) is 5.92 Å². The molecular weight excluding hydrogens is 420 g/mol. The molecule has 1 unspecified atom stereocenters. The van der Waals surface area contributed by atoms with Crippen LogP contribution in [-0.4, -0.2) is 36.4 Å². The average molecular weight is 457 g/mol. The zero-order chi connectivity index (χ0) is 23.5. The topological polar surface area (TPSA) is 67.2 Å². The molecule has 0 fully saturated rings. The van der Waals surface area contributed by atoms with Crippen LogP contribution in [0.5, 0.6) is 0 Å². The molecule has 0 aliphatic rings. The molecule has 3 aromatic rings. The van der Waals surface area contributed by atoms with Crippen LogP contribution < -0.4 is 5.32 Å². The number of aromatic nitrogens is 2. The van der Waals surface area contributed by atoms with E-state index in [-0.39, 0.29) is 10.9 Å². The van der Waals surface area contributed by atoms with Crippen LogP contribution in [0.2, 0.25) is 0 Å². The molecule has 7 heteroatoms. The fourth-order valence-electron chi connectivity index (χ4n) is 4.14. The van der Waals surface area contributed by atoms with Gasteiger partial charge in [-0.05, 0) is 48.6 Å². The molecule has 3 rings (SSSR count). The summed E-state index contributed by atoms with van der Waals surface area (Å²) in [4.78, 5) is 5.06. The van der Waals surface area contributed by atoms with Crippen molar-refractivity contribution in [3.8, 4) is 0 Å². The minimum absolute atomic E-state index is 0.209. The molecule has 0 aliphatic heterocycles. The molecule has 6 nitrogen and oxygen atoms in total. The van der Waals surface area contributed by atoms with Crippen LogP contribution in [0.3, 0.4) is 0 Å². The van der Waals surface area contributed by atoms with Gasteiger partial charge in [0.05, 0.1) is 22.5 Å². The van der Waals surface area contributed by atoms with Crippen LogP contribution in [0.4, 0.5) is 0 Å². The quantitative estimate of drug-likeness (QED) is 0.478. The maximum atomic E-state index is 12.5. The molecule has 174 valence electrons. The number of sulfonamides is 1. The smallest absolute Gasteiger partial charge is 0.242 e. The highest BCUT2D eigenvalue weighted by Crippen LogP contribution is 2.25. The van der Waals surface area contributed by atoms with Gasteiger partial charge in [-0.15, -0.1) is 0 Å². The maximum absolute atomic E-state index is 12.5. The molecule has 0 amide bonds. The van der Waals surface area contributed by atoms with Crippen molar-refractivity contribution < 1.29 is 8.42 Å². The van der Waals surface area contributed by atoms with Gasteiger partial charge in [-0.3, -0.25) is 0 Å². The lowest BCUT2D eigenvalue weighted by molar-refractivity contribution is 0.402. The highest BCUT2D eigenvalue weighted by Gasteiger charge is 2.21. The predicted octanol–water partition coefficient (Wildman–Crippen LogP) is 4.75. The molecule has 0 aliphatic carbocycles. The van der Waals surface area contributed by atoms with Crippen LogP contribution >= 0.6 is 0 Å². The first-order chi connectivity index (χ1) is 15.2. The molecule has 0 radical (unpaired) electrons. The summed E-state index contributed by atoms with van der Waals surface area (Å²) >= 11 is 0. The predicted molar refractivity (Wildman–Crippen MR) is 131 cm³/mol. The number of hydrogen-bond acceptors (Lipinski definition) is 4. The van der Waals surface area contributed by atoms with E-state index in [1.54, 1.807) is 26.2 Å². The number of fused-ring (bicyclic) bond motifs is 1. The van der Waals surface area contributed by atoms with Gasteiger partial charge < -0.3 is 9.88 Å². The standard InChI is InChI=1S/C25H36N4O2S/c1-7-9-19-10-12-20(13-11-19)25(18(3)4)26-17-24-27-22-16-21(32(30,31)28(5)6)14-15-23(22)29(24)8-2/h10-16,18,25-26H,7-9,17H2,1-6H3. The maximum Gasteiger partial charge on any atom is 0.242 e. The molecule has 1 N–H and O–H groups in total. The van der Waals surface area contributed by atoms with Gasteiger partial charge in [-0.2, -0.15) is 0 Å². The van der Waals surface area contributed by atoms with Gasteiger partial charge in [0, 0.05) is 26.7 Å². The number of nitrogens with zero attached hydrogens (tertiary/aromatic N) is 3. The minimum atomic E-state index is -3.49. The number of benzene rings is 2. The van der Waals surface area contributed by atoms with Gasteiger partial charge in [-0.25, -0.2) is 17.7 Å². The van der Waals surface area contributed by atoms with Crippen molar-refractivity contribution in [3.63, 3.8) is 0 Å². The Bertz CT molecular complexity index is 1150. The van der Waals surface area contributed by atoms with Crippen LogP contribution in [0.15, 0.2) is 47.4 Å². The lowest BCUT2D eigenvalue weighted by atomic mass is 9.94. The van der Waals surface area contributed by atoms with Gasteiger partial charge in [0.2, 0.25) is 10.0 Å². The Hall–Kier alpha value is -2.22. The third-order valence-corrected chi connectivity index (χ3v) is 7.73. The second kappa shape index (κ2) is 10.1. The first-order valence-corrected chi connectivity index (χ1v) is 12.9. The normalized spacial score (nSPS) is 13.4. The first kappa shape index (κ1) is 24.4. The second-order valence-electron chi connectivity index (χ2n) is 8.80. The van der Waals surface area contributed by atoms with Gasteiger partial charge in [0.25, 0.3) is 0 Å². The van der Waals surface area contributed by atoms with Crippen molar-refractivity contribution in [2.75, 3.05) is 14.1 Å². The van der Waals surface area contributed by atoms with Gasteiger partial charge in [0.1, 0.15) is 5.82 Å². The van der Waals surface area contributed by atoms with Crippen LogP contribution in [0.25, 0.3) is 11.0 Å². The van der Waals surface area contributed by atoms with E-state index in [1.807, 2.05) is 6.07 Å². The summed E-state index contributed by atoms with van der Waals surface area (Å²) in [5.74, 6) is 1.33. The summed E-state index contributed by atoms with van der Waals surface area (Å²) < 4.78 is 28.4. The molecule has 0 saturated carbocycles. The highest BCUT2D eigenvalue weighted by atomic mass is 32.2. The Morgan fingerprint density at radius 1 is 1.06 bits per heavy atom. The fraction of sp³-hybridized carbons (Fsp3) is 0.480. The van der Waals surface area contributed by atoms with Gasteiger partial charge in [0.15, 0.2) is 0 Å². The van der Waals surface area contributed by atoms with Crippen molar-refractivity contribution >= 4 is 21.1 Å². The van der Waals surface area contributed by atoms with Crippen molar-refractivity contribution in [3.05, 3.63) is 59.4 Å². The van der Waals surface area contributed by atoms with E-state index in [1.165, 1.54) is 15.4 Å². The third kappa shape index (κ3) is 5.05. The Kier molecular flexibility index (Phi) is 7.75. The summed E-state index contributed by atoms with van der Waals surface area (Å²) in [5, 5.41) is 3.69. The second-order valence-corrected chi connectivity index (χ2v) is 11.0. The number of imidazole rings is 1.